The van der Waals surface area contributed by atoms with E-state index in [-0.39, 0.29) is 23.4 Å². The average molecular weight is 458 g/mol. The van der Waals surface area contributed by atoms with Crippen LogP contribution in [0.2, 0.25) is 0 Å². The van der Waals surface area contributed by atoms with Gasteiger partial charge in [0.1, 0.15) is 11.6 Å². The van der Waals surface area contributed by atoms with Gasteiger partial charge in [0.2, 0.25) is 0 Å². The van der Waals surface area contributed by atoms with Crippen LogP contribution in [0.3, 0.4) is 0 Å². The van der Waals surface area contributed by atoms with E-state index < -0.39 is 29.8 Å². The van der Waals surface area contributed by atoms with Crippen LogP contribution in [-0.4, -0.2) is 54.3 Å². The smallest absolute Gasteiger partial charge is 0.329 e. The number of carboxylic acids is 1. The molecule has 1 N–H and O–H groups in total. The van der Waals surface area contributed by atoms with E-state index in [2.05, 4.69) is 0 Å². The second kappa shape index (κ2) is 7.69. The van der Waals surface area contributed by atoms with Gasteiger partial charge in [0.25, 0.3) is 5.91 Å². The third-order valence-electron chi connectivity index (χ3n) is 9.18. The molecule has 1 aliphatic heterocycles. The summed E-state index contributed by atoms with van der Waals surface area (Å²) in [6.07, 6.45) is 8.31. The number of benzene rings is 1. The topological polar surface area (TPSA) is 76.1 Å². The van der Waals surface area contributed by atoms with Gasteiger partial charge in [-0.15, -0.1) is 0 Å². The zero-order valence-electron chi connectivity index (χ0n) is 19.1. The predicted octanol–water partition coefficient (Wildman–Crippen LogP) is 4.22. The second-order valence-corrected chi connectivity index (χ2v) is 11.2. The van der Waals surface area contributed by atoms with Crippen LogP contribution in [0.15, 0.2) is 12.1 Å². The first-order valence-corrected chi connectivity index (χ1v) is 12.4. The lowest BCUT2D eigenvalue weighted by Gasteiger charge is -2.33. The Labute approximate surface area is 193 Å². The molecule has 0 aromatic heterocycles. The van der Waals surface area contributed by atoms with Gasteiger partial charge in [-0.05, 0) is 86.7 Å². The number of nitrogens with zero attached hydrogens (tertiary/aromatic N) is 1. The van der Waals surface area contributed by atoms with E-state index in [1.807, 2.05) is 0 Å². The Morgan fingerprint density at radius 2 is 1.88 bits per heavy atom. The summed E-state index contributed by atoms with van der Waals surface area (Å²) in [5, 5.41) is 9.63. The van der Waals surface area contributed by atoms with Crippen LogP contribution in [0.5, 0.6) is 5.75 Å². The van der Waals surface area contributed by atoms with Crippen LogP contribution in [0.4, 0.5) is 4.39 Å². The summed E-state index contributed by atoms with van der Waals surface area (Å²) in [6, 6.07) is 1.89. The van der Waals surface area contributed by atoms with E-state index in [1.54, 1.807) is 6.07 Å². The SMILES string of the molecule is CO[C@H]1CCN(C(=O)c2cc(C3CC3)c(OCC34CC5CC(CC3C5)C4)cc2F)[C@@H]1C(=O)O. The number of amides is 1. The largest absolute Gasteiger partial charge is 0.493 e. The number of likely N-dealkylation sites (tertiary alicyclic amines) is 1. The molecule has 7 heteroatoms. The molecule has 6 nitrogen and oxygen atoms in total. The molecule has 33 heavy (non-hydrogen) atoms. The van der Waals surface area contributed by atoms with Gasteiger partial charge in [0.15, 0.2) is 6.04 Å². The molecule has 5 aliphatic carbocycles. The molecule has 6 aliphatic rings. The fourth-order valence-electron chi connectivity index (χ4n) is 7.68. The zero-order chi connectivity index (χ0) is 22.9. The van der Waals surface area contributed by atoms with E-state index >= 15 is 4.39 Å². The summed E-state index contributed by atoms with van der Waals surface area (Å²) in [6.45, 7) is 0.872. The number of carbonyl (C=O) groups is 2. The number of methoxy groups -OCH3 is 1. The molecule has 6 fully saturated rings. The molecule has 0 radical (unpaired) electrons. The number of ether oxygens (including phenoxy) is 2. The molecule has 4 bridgehead atoms. The Morgan fingerprint density at radius 3 is 2.52 bits per heavy atom. The fraction of sp³-hybridized carbons (Fsp3) is 0.692. The van der Waals surface area contributed by atoms with Crippen molar-refractivity contribution >= 4 is 11.9 Å². The van der Waals surface area contributed by atoms with Crippen molar-refractivity contribution in [2.24, 2.45) is 23.2 Å². The van der Waals surface area contributed by atoms with Gasteiger partial charge in [0.05, 0.1) is 18.3 Å². The van der Waals surface area contributed by atoms with Crippen molar-refractivity contribution in [1.82, 2.24) is 4.90 Å². The normalized spacial score (nSPS) is 36.5. The van der Waals surface area contributed by atoms with Crippen LogP contribution < -0.4 is 4.74 Å². The van der Waals surface area contributed by atoms with Crippen molar-refractivity contribution < 1.29 is 28.6 Å². The minimum absolute atomic E-state index is 0.0636. The minimum Gasteiger partial charge on any atom is -0.493 e. The molecular formula is C26H32FNO5. The number of aliphatic carboxylic acids is 1. The lowest BCUT2D eigenvalue weighted by atomic mass is 9.76. The van der Waals surface area contributed by atoms with Crippen LogP contribution in [0, 0.1) is 29.0 Å². The van der Waals surface area contributed by atoms with Crippen molar-refractivity contribution in [2.45, 2.75) is 69.4 Å². The molecule has 4 atom stereocenters. The lowest BCUT2D eigenvalue weighted by molar-refractivity contribution is -0.144. The van der Waals surface area contributed by atoms with Crippen molar-refractivity contribution in [3.05, 3.63) is 29.1 Å². The minimum atomic E-state index is -1.13. The number of rotatable bonds is 7. The monoisotopic (exact) mass is 457 g/mol. The van der Waals surface area contributed by atoms with E-state index in [0.717, 1.165) is 36.2 Å². The van der Waals surface area contributed by atoms with E-state index in [0.29, 0.717) is 18.8 Å². The third kappa shape index (κ3) is 3.46. The van der Waals surface area contributed by atoms with Gasteiger partial charge in [-0.2, -0.15) is 0 Å². The maximum atomic E-state index is 15.3. The van der Waals surface area contributed by atoms with Crippen LogP contribution in [0.25, 0.3) is 0 Å². The molecule has 1 amide bonds. The van der Waals surface area contributed by atoms with Gasteiger partial charge in [-0.3, -0.25) is 4.79 Å². The van der Waals surface area contributed by atoms with Crippen LogP contribution >= 0.6 is 0 Å². The Morgan fingerprint density at radius 1 is 1.15 bits per heavy atom. The number of carbonyl (C=O) groups excluding carboxylic acids is 1. The van der Waals surface area contributed by atoms with Crippen LogP contribution in [-0.2, 0) is 9.53 Å². The van der Waals surface area contributed by atoms with Crippen molar-refractivity contribution in [3.63, 3.8) is 0 Å². The second-order valence-electron chi connectivity index (χ2n) is 11.2. The summed E-state index contributed by atoms with van der Waals surface area (Å²) >= 11 is 0. The van der Waals surface area contributed by atoms with Crippen molar-refractivity contribution in [2.75, 3.05) is 20.3 Å². The van der Waals surface area contributed by atoms with Crippen LogP contribution in [0.1, 0.15) is 73.2 Å². The number of hydrogen-bond donors (Lipinski definition) is 1. The Balaban J connectivity index is 1.25. The van der Waals surface area contributed by atoms with E-state index in [1.165, 1.54) is 50.2 Å². The van der Waals surface area contributed by atoms with E-state index in [4.69, 9.17) is 9.47 Å². The fourth-order valence-corrected chi connectivity index (χ4v) is 7.68. The van der Waals surface area contributed by atoms with Crippen molar-refractivity contribution in [1.29, 1.82) is 0 Å². The molecular weight excluding hydrogens is 425 g/mol. The molecule has 2 unspecified atom stereocenters. The highest BCUT2D eigenvalue weighted by atomic mass is 19.1. The highest BCUT2D eigenvalue weighted by Crippen LogP contribution is 2.65. The Bertz CT molecular complexity index is 977. The highest BCUT2D eigenvalue weighted by Gasteiger charge is 2.58. The Kier molecular flexibility index (Phi) is 4.98. The molecule has 1 aromatic rings. The van der Waals surface area contributed by atoms with Gasteiger partial charge in [-0.25, -0.2) is 9.18 Å². The van der Waals surface area contributed by atoms with Gasteiger partial charge >= 0.3 is 5.97 Å². The first kappa shape index (κ1) is 21.4. The summed E-state index contributed by atoms with van der Waals surface area (Å²) in [5.41, 5.74) is 1.08. The highest BCUT2D eigenvalue weighted by molar-refractivity contribution is 5.97. The van der Waals surface area contributed by atoms with Crippen molar-refractivity contribution in [3.8, 4) is 5.75 Å². The molecule has 178 valence electrons. The zero-order valence-corrected chi connectivity index (χ0v) is 19.1. The molecule has 7 rings (SSSR count). The molecule has 1 saturated heterocycles. The molecule has 1 aromatic carbocycles. The van der Waals surface area contributed by atoms with Gasteiger partial charge < -0.3 is 19.5 Å². The number of halogens is 1. The maximum absolute atomic E-state index is 15.3. The number of hydrogen-bond acceptors (Lipinski definition) is 4. The molecule has 5 saturated carbocycles. The molecule has 0 spiro atoms. The first-order valence-electron chi connectivity index (χ1n) is 12.4. The summed E-state index contributed by atoms with van der Waals surface area (Å²) < 4.78 is 26.9. The first-order chi connectivity index (χ1) is 15.9. The maximum Gasteiger partial charge on any atom is 0.329 e. The van der Waals surface area contributed by atoms with Gasteiger partial charge in [-0.1, -0.05) is 0 Å². The third-order valence-corrected chi connectivity index (χ3v) is 9.18. The molecule has 1 heterocycles. The quantitative estimate of drug-likeness (QED) is 0.663. The number of carboxylic acid groups (broad SMARTS) is 1. The lowest BCUT2D eigenvalue weighted by Crippen LogP contribution is -2.45. The van der Waals surface area contributed by atoms with E-state index in [9.17, 15) is 14.7 Å². The van der Waals surface area contributed by atoms with Gasteiger partial charge in [0, 0.05) is 25.1 Å². The summed E-state index contributed by atoms with van der Waals surface area (Å²) in [7, 11) is 1.44. The standard InChI is InChI=1S/C26H32FNO5/c1-32-21-4-5-28(23(21)25(30)31)24(29)19-9-18(16-2-3-16)22(10-20(19)27)33-13-26-11-14-6-15(12-26)8-17(26)7-14/h9-10,14-17,21,23H,2-8,11-13H2,1H3,(H,30,31)/t14?,15?,17?,21-,23-,26?/m0/s1. The summed E-state index contributed by atoms with van der Waals surface area (Å²) in [5.74, 6) is 0.911. The average Bonchev–Trinajstić information content (AvgIpc) is 3.41. The summed E-state index contributed by atoms with van der Waals surface area (Å²) in [4.78, 5) is 26.2. The Hall–Kier alpha value is -2.15. The predicted molar refractivity (Wildman–Crippen MR) is 118 cm³/mol.